The number of ether oxygens (including phenoxy) is 1. The molecule has 1 amide bonds. The monoisotopic (exact) mass is 394 g/mol. The van der Waals surface area contributed by atoms with Crippen molar-refractivity contribution >= 4 is 52.4 Å². The van der Waals surface area contributed by atoms with Crippen LogP contribution >= 0.6 is 34.8 Å². The zero-order valence-corrected chi connectivity index (χ0v) is 15.8. The third kappa shape index (κ3) is 7.16. The first-order valence-electron chi connectivity index (χ1n) is 7.67. The van der Waals surface area contributed by atoms with Crippen molar-refractivity contribution in [3.8, 4) is 0 Å². The zero-order valence-electron chi connectivity index (χ0n) is 13.6. The van der Waals surface area contributed by atoms with Crippen LogP contribution in [0.15, 0.2) is 24.3 Å². The molecule has 8 heteroatoms. The summed E-state index contributed by atoms with van der Waals surface area (Å²) in [5.74, 6) is -0.637. The highest BCUT2D eigenvalue weighted by Gasteiger charge is 2.33. The minimum Gasteiger partial charge on any atom is -0.462 e. The fraction of sp³-hybridized carbons (Fsp3) is 0.500. The molecule has 0 spiro atoms. The first kappa shape index (κ1) is 20.9. The largest absolute Gasteiger partial charge is 0.462 e. The molecule has 1 atom stereocenters. The Morgan fingerprint density at radius 1 is 1.17 bits per heavy atom. The molecule has 1 aromatic rings. The van der Waals surface area contributed by atoms with Crippen LogP contribution < -0.4 is 10.6 Å². The molecule has 134 valence electrons. The van der Waals surface area contributed by atoms with Crippen LogP contribution in [-0.4, -0.2) is 28.4 Å². The van der Waals surface area contributed by atoms with Crippen molar-refractivity contribution in [1.29, 1.82) is 0 Å². The van der Waals surface area contributed by atoms with Crippen molar-refractivity contribution in [3.05, 3.63) is 29.8 Å². The standard InChI is InChI=1S/C16H21Cl3N2O3/c1-3-5-10-24-14(23)11-6-8-12(9-7-11)20-15(16(17,18)19)21-13(22)4-2/h6-9,15,20H,3-5,10H2,1-2H3,(H,21,22)/t15-/m0/s1. The van der Waals surface area contributed by atoms with E-state index in [4.69, 9.17) is 39.5 Å². The van der Waals surface area contributed by atoms with Crippen molar-refractivity contribution in [3.63, 3.8) is 0 Å². The van der Waals surface area contributed by atoms with Gasteiger partial charge >= 0.3 is 5.97 Å². The maximum absolute atomic E-state index is 11.8. The van der Waals surface area contributed by atoms with Crippen molar-refractivity contribution < 1.29 is 14.3 Å². The Morgan fingerprint density at radius 2 is 1.79 bits per heavy atom. The van der Waals surface area contributed by atoms with Gasteiger partial charge in [0.2, 0.25) is 9.70 Å². The molecule has 1 aromatic carbocycles. The number of amides is 1. The topological polar surface area (TPSA) is 67.4 Å². The van der Waals surface area contributed by atoms with Crippen LogP contribution in [-0.2, 0) is 9.53 Å². The number of hydrogen-bond acceptors (Lipinski definition) is 4. The van der Waals surface area contributed by atoms with Gasteiger partial charge in [-0.05, 0) is 30.7 Å². The van der Waals surface area contributed by atoms with Gasteiger partial charge in [0.25, 0.3) is 0 Å². The van der Waals surface area contributed by atoms with Gasteiger partial charge in [-0.1, -0.05) is 55.1 Å². The van der Waals surface area contributed by atoms with Crippen LogP contribution in [0.1, 0.15) is 43.5 Å². The lowest BCUT2D eigenvalue weighted by Gasteiger charge is -2.27. The van der Waals surface area contributed by atoms with Gasteiger partial charge in [-0.3, -0.25) is 4.79 Å². The molecule has 0 saturated carbocycles. The summed E-state index contributed by atoms with van der Waals surface area (Å²) in [7, 11) is 0. The van der Waals surface area contributed by atoms with Crippen molar-refractivity contribution in [2.75, 3.05) is 11.9 Å². The molecular weight excluding hydrogens is 375 g/mol. The van der Waals surface area contributed by atoms with E-state index in [2.05, 4.69) is 10.6 Å². The number of unbranched alkanes of at least 4 members (excludes halogenated alkanes) is 1. The second-order valence-electron chi connectivity index (χ2n) is 5.11. The molecule has 0 heterocycles. The third-order valence-corrected chi connectivity index (χ3v) is 3.77. The summed E-state index contributed by atoms with van der Waals surface area (Å²) in [6, 6.07) is 6.51. The summed E-state index contributed by atoms with van der Waals surface area (Å²) >= 11 is 17.6. The minimum absolute atomic E-state index is 0.255. The molecule has 5 nitrogen and oxygen atoms in total. The molecule has 0 radical (unpaired) electrons. The predicted octanol–water partition coefficient (Wildman–Crippen LogP) is 4.28. The second-order valence-corrected chi connectivity index (χ2v) is 7.48. The Bertz CT molecular complexity index is 544. The number of carbonyl (C=O) groups excluding carboxylic acids is 2. The highest BCUT2D eigenvalue weighted by Crippen LogP contribution is 2.31. The first-order valence-corrected chi connectivity index (χ1v) is 8.81. The van der Waals surface area contributed by atoms with Crippen LogP contribution in [0, 0.1) is 0 Å². The number of anilines is 1. The molecular formula is C16H21Cl3N2O3. The van der Waals surface area contributed by atoms with E-state index in [0.29, 0.717) is 17.9 Å². The van der Waals surface area contributed by atoms with E-state index >= 15 is 0 Å². The van der Waals surface area contributed by atoms with Gasteiger partial charge in [-0.15, -0.1) is 0 Å². The fourth-order valence-corrected chi connectivity index (χ4v) is 2.05. The molecule has 0 aliphatic rings. The lowest BCUT2D eigenvalue weighted by molar-refractivity contribution is -0.121. The predicted molar refractivity (Wildman–Crippen MR) is 97.8 cm³/mol. The molecule has 0 bridgehead atoms. The molecule has 24 heavy (non-hydrogen) atoms. The number of benzene rings is 1. The zero-order chi connectivity index (χ0) is 18.2. The number of alkyl halides is 3. The highest BCUT2D eigenvalue weighted by atomic mass is 35.6. The first-order chi connectivity index (χ1) is 11.3. The van der Waals surface area contributed by atoms with Gasteiger partial charge in [-0.2, -0.15) is 0 Å². The number of hydrogen-bond donors (Lipinski definition) is 2. The van der Waals surface area contributed by atoms with Crippen molar-refractivity contribution in [2.24, 2.45) is 0 Å². The average Bonchev–Trinajstić information content (AvgIpc) is 2.54. The second kappa shape index (κ2) is 9.97. The van der Waals surface area contributed by atoms with E-state index in [9.17, 15) is 9.59 Å². The van der Waals surface area contributed by atoms with Crippen LogP contribution in [0.4, 0.5) is 5.69 Å². The van der Waals surface area contributed by atoms with Gasteiger partial charge in [-0.25, -0.2) is 4.79 Å². The maximum Gasteiger partial charge on any atom is 0.338 e. The molecule has 0 fully saturated rings. The summed E-state index contributed by atoms with van der Waals surface area (Å²) in [5.41, 5.74) is 1.02. The Kier molecular flexibility index (Phi) is 8.67. The summed E-state index contributed by atoms with van der Waals surface area (Å²) in [4.78, 5) is 23.4. The highest BCUT2D eigenvalue weighted by molar-refractivity contribution is 6.68. The third-order valence-electron chi connectivity index (χ3n) is 3.12. The van der Waals surface area contributed by atoms with E-state index in [1.54, 1.807) is 31.2 Å². The van der Waals surface area contributed by atoms with Crippen molar-refractivity contribution in [1.82, 2.24) is 5.32 Å². The molecule has 0 unspecified atom stereocenters. The fourth-order valence-electron chi connectivity index (χ4n) is 1.72. The molecule has 0 saturated heterocycles. The number of carbonyl (C=O) groups is 2. The lowest BCUT2D eigenvalue weighted by Crippen LogP contribution is -2.48. The SMILES string of the molecule is CCCCOC(=O)c1ccc(N[C@@H](NC(=O)CC)C(Cl)(Cl)Cl)cc1. The van der Waals surface area contributed by atoms with E-state index in [-0.39, 0.29) is 18.3 Å². The number of esters is 1. The smallest absolute Gasteiger partial charge is 0.338 e. The summed E-state index contributed by atoms with van der Waals surface area (Å²) in [6.07, 6.45) is 1.14. The number of nitrogens with one attached hydrogen (secondary N) is 2. The molecule has 0 aromatic heterocycles. The lowest BCUT2D eigenvalue weighted by atomic mass is 10.2. The van der Waals surface area contributed by atoms with Crippen LogP contribution in [0.5, 0.6) is 0 Å². The van der Waals surface area contributed by atoms with E-state index in [1.807, 2.05) is 6.92 Å². The summed E-state index contributed by atoms with van der Waals surface area (Å²) in [5, 5.41) is 5.51. The van der Waals surface area contributed by atoms with Gasteiger partial charge in [0, 0.05) is 12.1 Å². The number of halogens is 3. The summed E-state index contributed by atoms with van der Waals surface area (Å²) < 4.78 is 3.40. The van der Waals surface area contributed by atoms with Gasteiger partial charge < -0.3 is 15.4 Å². The molecule has 0 aliphatic carbocycles. The van der Waals surface area contributed by atoms with Crippen LogP contribution in [0.2, 0.25) is 0 Å². The van der Waals surface area contributed by atoms with Crippen LogP contribution in [0.25, 0.3) is 0 Å². The Hall–Kier alpha value is -1.17. The molecule has 1 rings (SSSR count). The molecule has 2 N–H and O–H groups in total. The van der Waals surface area contributed by atoms with Gasteiger partial charge in [0.1, 0.15) is 6.17 Å². The normalized spacial score (nSPS) is 12.4. The maximum atomic E-state index is 11.8. The van der Waals surface area contributed by atoms with Crippen molar-refractivity contribution in [2.45, 2.75) is 43.1 Å². The Balaban J connectivity index is 2.72. The van der Waals surface area contributed by atoms with E-state index in [0.717, 1.165) is 12.8 Å². The average molecular weight is 396 g/mol. The van der Waals surface area contributed by atoms with E-state index in [1.165, 1.54) is 0 Å². The molecule has 0 aliphatic heterocycles. The Labute approximate surface area is 157 Å². The van der Waals surface area contributed by atoms with E-state index < -0.39 is 9.96 Å². The van der Waals surface area contributed by atoms with Gasteiger partial charge in [0.05, 0.1) is 12.2 Å². The minimum atomic E-state index is -1.73. The quantitative estimate of drug-likeness (QED) is 0.298. The number of rotatable bonds is 8. The van der Waals surface area contributed by atoms with Gasteiger partial charge in [0.15, 0.2) is 0 Å². The summed E-state index contributed by atoms with van der Waals surface area (Å²) in [6.45, 7) is 4.12. The van der Waals surface area contributed by atoms with Crippen LogP contribution in [0.3, 0.4) is 0 Å². The Morgan fingerprint density at radius 3 is 2.29 bits per heavy atom.